The Hall–Kier alpha value is -3.31. The third-order valence-corrected chi connectivity index (χ3v) is 6.22. The third kappa shape index (κ3) is 6.36. The maximum Gasteiger partial charge on any atom is 0.254 e. The van der Waals surface area contributed by atoms with Gasteiger partial charge in [-0.3, -0.25) is 19.5 Å². The summed E-state index contributed by atoms with van der Waals surface area (Å²) in [5, 5.41) is 0. The molecule has 5 nitrogen and oxygen atoms in total. The molecule has 4 rings (SSSR count). The summed E-state index contributed by atoms with van der Waals surface area (Å²) in [4.78, 5) is 34.5. The lowest BCUT2D eigenvalue weighted by atomic mass is 10.1. The Morgan fingerprint density at radius 3 is 2.33 bits per heavy atom. The number of hydrogen-bond acceptors (Lipinski definition) is 4. The lowest BCUT2D eigenvalue weighted by molar-refractivity contribution is -0.124. The van der Waals surface area contributed by atoms with Gasteiger partial charge in [0.2, 0.25) is 0 Å². The Bertz CT molecular complexity index is 1020. The predicted molar refractivity (Wildman–Crippen MR) is 130 cm³/mol. The molecule has 2 aromatic carbocycles. The lowest BCUT2D eigenvalue weighted by Crippen LogP contribution is -2.45. The fourth-order valence-corrected chi connectivity index (χ4v) is 4.53. The molecule has 0 unspecified atom stereocenters. The first-order valence-electron chi connectivity index (χ1n) is 11.7. The van der Waals surface area contributed by atoms with Crippen LogP contribution in [0.15, 0.2) is 85.2 Å². The monoisotopic (exact) mass is 441 g/mol. The number of ketones is 1. The van der Waals surface area contributed by atoms with Crippen LogP contribution >= 0.6 is 0 Å². The van der Waals surface area contributed by atoms with Gasteiger partial charge in [-0.15, -0.1) is 0 Å². The van der Waals surface area contributed by atoms with Gasteiger partial charge in [0.1, 0.15) is 0 Å². The van der Waals surface area contributed by atoms with Crippen LogP contribution in [0.5, 0.6) is 0 Å². The van der Waals surface area contributed by atoms with E-state index in [0.29, 0.717) is 25.2 Å². The van der Waals surface area contributed by atoms with Gasteiger partial charge in [-0.1, -0.05) is 48.5 Å². The molecule has 1 saturated heterocycles. The normalized spacial score (nSPS) is 15.7. The molecule has 3 aromatic rings. The van der Waals surface area contributed by atoms with Gasteiger partial charge in [-0.05, 0) is 67.6 Å². The van der Waals surface area contributed by atoms with E-state index in [-0.39, 0.29) is 17.7 Å². The molecule has 33 heavy (non-hydrogen) atoms. The predicted octanol–water partition coefficient (Wildman–Crippen LogP) is 4.39. The first kappa shape index (κ1) is 22.9. The van der Waals surface area contributed by atoms with Crippen molar-refractivity contribution >= 4 is 11.7 Å². The molecule has 0 spiro atoms. The number of rotatable bonds is 10. The van der Waals surface area contributed by atoms with E-state index in [1.54, 1.807) is 17.3 Å². The second-order valence-electron chi connectivity index (χ2n) is 8.64. The largest absolute Gasteiger partial charge is 0.329 e. The summed E-state index contributed by atoms with van der Waals surface area (Å²) in [5.74, 6) is 0.0850. The van der Waals surface area contributed by atoms with E-state index in [2.05, 4.69) is 34.1 Å². The first-order chi connectivity index (χ1) is 16.2. The topological polar surface area (TPSA) is 53.5 Å². The molecule has 1 aliphatic rings. The zero-order chi connectivity index (χ0) is 22.9. The van der Waals surface area contributed by atoms with Crippen LogP contribution in [-0.4, -0.2) is 52.2 Å². The van der Waals surface area contributed by atoms with Crippen molar-refractivity contribution in [2.45, 2.75) is 38.3 Å². The quantitative estimate of drug-likeness (QED) is 0.468. The number of pyridine rings is 1. The van der Waals surface area contributed by atoms with Crippen LogP contribution in [-0.2, 0) is 17.8 Å². The number of carbonyl (C=O) groups is 2. The highest BCUT2D eigenvalue weighted by Gasteiger charge is 2.34. The second-order valence-corrected chi connectivity index (χ2v) is 8.64. The molecule has 1 aliphatic heterocycles. The van der Waals surface area contributed by atoms with Crippen molar-refractivity contribution in [2.75, 3.05) is 19.6 Å². The molecule has 0 saturated carbocycles. The third-order valence-electron chi connectivity index (χ3n) is 6.22. The van der Waals surface area contributed by atoms with Gasteiger partial charge in [0.05, 0.1) is 12.6 Å². The van der Waals surface area contributed by atoms with E-state index in [4.69, 9.17) is 0 Å². The summed E-state index contributed by atoms with van der Waals surface area (Å²) >= 11 is 0. The Kier molecular flexibility index (Phi) is 7.99. The maximum absolute atomic E-state index is 13.4. The summed E-state index contributed by atoms with van der Waals surface area (Å²) < 4.78 is 0. The summed E-state index contributed by atoms with van der Waals surface area (Å²) in [7, 11) is 0. The van der Waals surface area contributed by atoms with Crippen molar-refractivity contribution in [2.24, 2.45) is 0 Å². The highest BCUT2D eigenvalue weighted by molar-refractivity contribution is 5.98. The van der Waals surface area contributed by atoms with Crippen LogP contribution < -0.4 is 0 Å². The number of hydrogen-bond donors (Lipinski definition) is 0. The molecule has 0 N–H and O–H groups in total. The average Bonchev–Trinajstić information content (AvgIpc) is 3.35. The van der Waals surface area contributed by atoms with Crippen molar-refractivity contribution in [1.82, 2.24) is 14.8 Å². The number of aryl methyl sites for hydroxylation is 1. The minimum absolute atomic E-state index is 0.0452. The maximum atomic E-state index is 13.4. The van der Waals surface area contributed by atoms with Gasteiger partial charge in [-0.2, -0.15) is 0 Å². The smallest absolute Gasteiger partial charge is 0.254 e. The number of amides is 1. The van der Waals surface area contributed by atoms with Crippen molar-refractivity contribution in [3.05, 3.63) is 102 Å². The van der Waals surface area contributed by atoms with Crippen molar-refractivity contribution in [3.63, 3.8) is 0 Å². The number of benzene rings is 2. The van der Waals surface area contributed by atoms with Gasteiger partial charge in [0, 0.05) is 31.0 Å². The Morgan fingerprint density at radius 2 is 1.61 bits per heavy atom. The van der Waals surface area contributed by atoms with Crippen molar-refractivity contribution in [1.29, 1.82) is 0 Å². The van der Waals surface area contributed by atoms with Gasteiger partial charge in [-0.25, -0.2) is 0 Å². The molecule has 1 amide bonds. The van der Waals surface area contributed by atoms with E-state index in [1.165, 1.54) is 5.56 Å². The van der Waals surface area contributed by atoms with E-state index in [0.717, 1.165) is 37.8 Å². The van der Waals surface area contributed by atoms with Gasteiger partial charge >= 0.3 is 0 Å². The zero-order valence-corrected chi connectivity index (χ0v) is 19.0. The summed E-state index contributed by atoms with van der Waals surface area (Å²) in [6, 6.07) is 23.4. The first-order valence-corrected chi connectivity index (χ1v) is 11.7. The van der Waals surface area contributed by atoms with Gasteiger partial charge in [0.15, 0.2) is 5.78 Å². The molecule has 0 radical (unpaired) electrons. The number of nitrogens with zero attached hydrogens (tertiary/aromatic N) is 3. The summed E-state index contributed by atoms with van der Waals surface area (Å²) in [6.45, 7) is 2.51. The standard InChI is InChI=1S/C28H31N3O2/c32-27(26-14-8-20-31(26)28(33)25-12-5-2-6-13-25)22-30(21-24-15-17-29-18-16-24)19-7-11-23-9-3-1-4-10-23/h1-6,9-10,12-13,15-18,26H,7-8,11,14,19-22H2/t26-/m0/s1. The van der Waals surface area contributed by atoms with Crippen LogP contribution in [0.1, 0.15) is 40.7 Å². The molecule has 2 heterocycles. The Morgan fingerprint density at radius 1 is 0.909 bits per heavy atom. The van der Waals surface area contributed by atoms with Crippen LogP contribution in [0.4, 0.5) is 0 Å². The fraction of sp³-hybridized carbons (Fsp3) is 0.321. The fourth-order valence-electron chi connectivity index (χ4n) is 4.53. The van der Waals surface area contributed by atoms with E-state index < -0.39 is 0 Å². The summed E-state index contributed by atoms with van der Waals surface area (Å²) in [6.07, 6.45) is 7.13. The minimum atomic E-state index is -0.341. The van der Waals surface area contributed by atoms with Crippen molar-refractivity contribution < 1.29 is 9.59 Å². The minimum Gasteiger partial charge on any atom is -0.329 e. The molecule has 5 heteroatoms. The number of Topliss-reactive ketones (excluding diaryl/α,β-unsaturated/α-hetero) is 1. The Balaban J connectivity index is 1.41. The van der Waals surface area contributed by atoms with E-state index >= 15 is 0 Å². The number of likely N-dealkylation sites (tertiary alicyclic amines) is 1. The van der Waals surface area contributed by atoms with Crippen molar-refractivity contribution in [3.8, 4) is 0 Å². The molecule has 0 aliphatic carbocycles. The highest BCUT2D eigenvalue weighted by atomic mass is 16.2. The SMILES string of the molecule is O=C(CN(CCCc1ccccc1)Cc1ccncc1)[C@@H]1CCCN1C(=O)c1ccccc1. The van der Waals surface area contributed by atoms with Gasteiger partial charge in [0.25, 0.3) is 5.91 Å². The van der Waals surface area contributed by atoms with Crippen LogP contribution in [0, 0.1) is 0 Å². The van der Waals surface area contributed by atoms with Gasteiger partial charge < -0.3 is 4.90 Å². The van der Waals surface area contributed by atoms with Crippen LogP contribution in [0.25, 0.3) is 0 Å². The number of carbonyl (C=O) groups excluding carboxylic acids is 2. The highest BCUT2D eigenvalue weighted by Crippen LogP contribution is 2.22. The second kappa shape index (κ2) is 11.5. The molecular weight excluding hydrogens is 410 g/mol. The average molecular weight is 442 g/mol. The molecule has 1 atom stereocenters. The van der Waals surface area contributed by atoms with Crippen LogP contribution in [0.2, 0.25) is 0 Å². The lowest BCUT2D eigenvalue weighted by Gasteiger charge is -2.27. The Labute approximate surface area is 196 Å². The molecule has 170 valence electrons. The van der Waals surface area contributed by atoms with E-state index in [9.17, 15) is 9.59 Å². The number of aromatic nitrogens is 1. The molecular formula is C28H31N3O2. The zero-order valence-electron chi connectivity index (χ0n) is 19.0. The summed E-state index contributed by atoms with van der Waals surface area (Å²) in [5.41, 5.74) is 3.10. The molecule has 0 bridgehead atoms. The van der Waals surface area contributed by atoms with Crippen LogP contribution in [0.3, 0.4) is 0 Å². The van der Waals surface area contributed by atoms with E-state index in [1.807, 2.05) is 48.5 Å². The molecule has 1 aromatic heterocycles. The molecule has 1 fully saturated rings.